The zero-order valence-corrected chi connectivity index (χ0v) is 11.9. The van der Waals surface area contributed by atoms with E-state index in [1.807, 2.05) is 25.1 Å². The van der Waals surface area contributed by atoms with Gasteiger partial charge in [0.1, 0.15) is 0 Å². The first-order valence-electron chi connectivity index (χ1n) is 6.59. The quantitative estimate of drug-likeness (QED) is 0.891. The van der Waals surface area contributed by atoms with Gasteiger partial charge in [-0.05, 0) is 44.0 Å². The predicted molar refractivity (Wildman–Crippen MR) is 78.5 cm³/mol. The van der Waals surface area contributed by atoms with Gasteiger partial charge in [-0.15, -0.1) is 0 Å². The van der Waals surface area contributed by atoms with Gasteiger partial charge in [-0.2, -0.15) is 0 Å². The van der Waals surface area contributed by atoms with Crippen molar-refractivity contribution in [3.63, 3.8) is 0 Å². The number of likely N-dealkylation sites (tertiary alicyclic amines) is 1. The Bertz CT molecular complexity index is 464. The van der Waals surface area contributed by atoms with Crippen LogP contribution in [0.15, 0.2) is 18.2 Å². The molecule has 3 N–H and O–H groups in total. The second-order valence-electron chi connectivity index (χ2n) is 5.10. The van der Waals surface area contributed by atoms with Crippen LogP contribution in [-0.2, 0) is 4.79 Å². The number of amides is 1. The Morgan fingerprint density at radius 1 is 1.58 bits per heavy atom. The van der Waals surface area contributed by atoms with Crippen molar-refractivity contribution in [1.29, 1.82) is 0 Å². The molecule has 1 aliphatic heterocycles. The second kappa shape index (κ2) is 6.37. The molecule has 1 atom stereocenters. The third-order valence-corrected chi connectivity index (χ3v) is 3.86. The maximum absolute atomic E-state index is 12.0. The van der Waals surface area contributed by atoms with Gasteiger partial charge in [0.15, 0.2) is 0 Å². The van der Waals surface area contributed by atoms with Crippen LogP contribution in [0.25, 0.3) is 0 Å². The van der Waals surface area contributed by atoms with E-state index in [1.165, 1.54) is 0 Å². The standard InChI is InChI=1S/C14H20ClN3O/c1-10-12(15)5-2-6-13(10)17-14(19)9-18-7-3-4-11(16)8-18/h2,5-6,11H,3-4,7-9,16H2,1H3,(H,17,19). The lowest BCUT2D eigenvalue weighted by atomic mass is 10.1. The van der Waals surface area contributed by atoms with Crippen molar-refractivity contribution in [2.75, 3.05) is 25.0 Å². The van der Waals surface area contributed by atoms with Gasteiger partial charge in [-0.25, -0.2) is 0 Å². The zero-order chi connectivity index (χ0) is 13.8. The van der Waals surface area contributed by atoms with Crippen molar-refractivity contribution in [3.05, 3.63) is 28.8 Å². The van der Waals surface area contributed by atoms with E-state index in [2.05, 4.69) is 10.2 Å². The van der Waals surface area contributed by atoms with E-state index < -0.39 is 0 Å². The molecule has 104 valence electrons. The molecule has 1 aliphatic rings. The van der Waals surface area contributed by atoms with Crippen molar-refractivity contribution in [2.24, 2.45) is 5.73 Å². The molecule has 19 heavy (non-hydrogen) atoms. The van der Waals surface area contributed by atoms with Crippen molar-refractivity contribution in [1.82, 2.24) is 4.90 Å². The largest absolute Gasteiger partial charge is 0.327 e. The molecule has 1 fully saturated rings. The van der Waals surface area contributed by atoms with Gasteiger partial charge in [-0.3, -0.25) is 9.69 Å². The van der Waals surface area contributed by atoms with Crippen LogP contribution in [0.3, 0.4) is 0 Å². The van der Waals surface area contributed by atoms with Gasteiger partial charge in [0.05, 0.1) is 6.54 Å². The molecule has 1 saturated heterocycles. The summed E-state index contributed by atoms with van der Waals surface area (Å²) < 4.78 is 0. The highest BCUT2D eigenvalue weighted by Crippen LogP contribution is 2.22. The average molecular weight is 282 g/mol. The maximum atomic E-state index is 12.0. The number of piperidine rings is 1. The lowest BCUT2D eigenvalue weighted by Gasteiger charge is -2.30. The molecule has 1 amide bonds. The molecular weight excluding hydrogens is 262 g/mol. The van der Waals surface area contributed by atoms with Gasteiger partial charge < -0.3 is 11.1 Å². The minimum atomic E-state index is -0.0144. The fourth-order valence-corrected chi connectivity index (χ4v) is 2.55. The number of benzene rings is 1. The first-order chi connectivity index (χ1) is 9.06. The Morgan fingerprint density at radius 2 is 2.37 bits per heavy atom. The van der Waals surface area contributed by atoms with E-state index in [0.29, 0.717) is 11.6 Å². The van der Waals surface area contributed by atoms with Crippen LogP contribution in [0.4, 0.5) is 5.69 Å². The number of halogens is 1. The number of anilines is 1. The molecule has 0 radical (unpaired) electrons. The van der Waals surface area contributed by atoms with Crippen LogP contribution in [-0.4, -0.2) is 36.5 Å². The van der Waals surface area contributed by atoms with Crippen LogP contribution in [0.1, 0.15) is 18.4 Å². The van der Waals surface area contributed by atoms with Crippen molar-refractivity contribution in [2.45, 2.75) is 25.8 Å². The first-order valence-corrected chi connectivity index (χ1v) is 6.97. The molecule has 0 bridgehead atoms. The molecule has 0 aromatic heterocycles. The average Bonchev–Trinajstić information content (AvgIpc) is 2.35. The molecule has 4 nitrogen and oxygen atoms in total. The number of hydrogen-bond donors (Lipinski definition) is 2. The molecule has 0 spiro atoms. The molecular formula is C14H20ClN3O. The van der Waals surface area contributed by atoms with Gasteiger partial charge >= 0.3 is 0 Å². The van der Waals surface area contributed by atoms with E-state index >= 15 is 0 Å². The summed E-state index contributed by atoms with van der Waals surface area (Å²) >= 11 is 6.03. The maximum Gasteiger partial charge on any atom is 0.238 e. The summed E-state index contributed by atoms with van der Waals surface area (Å²) in [4.78, 5) is 14.1. The SMILES string of the molecule is Cc1c(Cl)cccc1NC(=O)CN1CCCC(N)C1. The number of nitrogens with zero attached hydrogens (tertiary/aromatic N) is 1. The van der Waals surface area contributed by atoms with Gasteiger partial charge in [-0.1, -0.05) is 17.7 Å². The van der Waals surface area contributed by atoms with E-state index in [4.69, 9.17) is 17.3 Å². The van der Waals surface area contributed by atoms with Crippen molar-refractivity contribution in [3.8, 4) is 0 Å². The van der Waals surface area contributed by atoms with Crippen LogP contribution in [0, 0.1) is 6.92 Å². The Morgan fingerprint density at radius 3 is 3.11 bits per heavy atom. The van der Waals surface area contributed by atoms with Gasteiger partial charge in [0, 0.05) is 23.3 Å². The molecule has 0 saturated carbocycles. The smallest absolute Gasteiger partial charge is 0.238 e. The molecule has 1 aromatic carbocycles. The number of nitrogens with two attached hydrogens (primary N) is 1. The lowest BCUT2D eigenvalue weighted by molar-refractivity contribution is -0.117. The molecule has 1 aromatic rings. The topological polar surface area (TPSA) is 58.4 Å². The Hall–Kier alpha value is -1.10. The monoisotopic (exact) mass is 281 g/mol. The highest BCUT2D eigenvalue weighted by atomic mass is 35.5. The third-order valence-electron chi connectivity index (χ3n) is 3.45. The first kappa shape index (κ1) is 14.3. The molecule has 1 unspecified atom stereocenters. The summed E-state index contributed by atoms with van der Waals surface area (Å²) in [5.74, 6) is -0.0144. The number of hydrogen-bond acceptors (Lipinski definition) is 3. The summed E-state index contributed by atoms with van der Waals surface area (Å²) in [6.07, 6.45) is 2.11. The third kappa shape index (κ3) is 3.93. The Balaban J connectivity index is 1.92. The van der Waals surface area contributed by atoms with Crippen molar-refractivity contribution < 1.29 is 4.79 Å². The highest BCUT2D eigenvalue weighted by Gasteiger charge is 2.19. The number of carbonyl (C=O) groups is 1. The minimum Gasteiger partial charge on any atom is -0.327 e. The molecule has 2 rings (SSSR count). The van der Waals surface area contributed by atoms with Gasteiger partial charge in [0.25, 0.3) is 0 Å². The fourth-order valence-electron chi connectivity index (χ4n) is 2.37. The van der Waals surface area contributed by atoms with E-state index in [0.717, 1.165) is 37.2 Å². The summed E-state index contributed by atoms with van der Waals surface area (Å²) in [6, 6.07) is 5.70. The van der Waals surface area contributed by atoms with Gasteiger partial charge in [0.2, 0.25) is 5.91 Å². The normalized spacial score (nSPS) is 20.3. The number of rotatable bonds is 3. The Labute approximate surface area is 118 Å². The number of carbonyl (C=O) groups excluding carboxylic acids is 1. The summed E-state index contributed by atoms with van der Waals surface area (Å²) in [6.45, 7) is 4.02. The summed E-state index contributed by atoms with van der Waals surface area (Å²) in [7, 11) is 0. The van der Waals surface area contributed by atoms with Crippen molar-refractivity contribution >= 4 is 23.2 Å². The second-order valence-corrected chi connectivity index (χ2v) is 5.51. The molecule has 1 heterocycles. The summed E-state index contributed by atoms with van der Waals surface area (Å²) in [5.41, 5.74) is 7.58. The highest BCUT2D eigenvalue weighted by molar-refractivity contribution is 6.31. The van der Waals surface area contributed by atoms with E-state index in [9.17, 15) is 4.79 Å². The molecule has 0 aliphatic carbocycles. The van der Waals surface area contributed by atoms with Crippen LogP contribution < -0.4 is 11.1 Å². The minimum absolute atomic E-state index is 0.0144. The van der Waals surface area contributed by atoms with E-state index in [1.54, 1.807) is 0 Å². The molecule has 5 heteroatoms. The predicted octanol–water partition coefficient (Wildman–Crippen LogP) is 2.01. The van der Waals surface area contributed by atoms with Crippen LogP contribution >= 0.6 is 11.6 Å². The number of nitrogens with one attached hydrogen (secondary N) is 1. The van der Waals surface area contributed by atoms with E-state index in [-0.39, 0.29) is 11.9 Å². The Kier molecular flexibility index (Phi) is 4.80. The zero-order valence-electron chi connectivity index (χ0n) is 11.2. The fraction of sp³-hybridized carbons (Fsp3) is 0.500. The van der Waals surface area contributed by atoms with Crippen LogP contribution in [0.5, 0.6) is 0 Å². The lowest BCUT2D eigenvalue weighted by Crippen LogP contribution is -2.45. The summed E-state index contributed by atoms with van der Waals surface area (Å²) in [5, 5.41) is 3.57. The van der Waals surface area contributed by atoms with Crippen LogP contribution in [0.2, 0.25) is 5.02 Å².